The molecule has 0 aliphatic carbocycles. The second kappa shape index (κ2) is 11.3. The molecule has 0 unspecified atom stereocenters. The van der Waals surface area contributed by atoms with E-state index in [-0.39, 0.29) is 5.69 Å². The first-order valence-corrected chi connectivity index (χ1v) is 13.0. The number of ether oxygens (including phenoxy) is 2. The second-order valence-corrected chi connectivity index (χ2v) is 9.32. The summed E-state index contributed by atoms with van der Waals surface area (Å²) in [5.41, 5.74) is 8.16. The predicted molar refractivity (Wildman–Crippen MR) is 161 cm³/mol. The summed E-state index contributed by atoms with van der Waals surface area (Å²) in [5.74, 6) is 2.44. The number of anilines is 1. The zero-order chi connectivity index (χ0) is 29.1. The van der Waals surface area contributed by atoms with Gasteiger partial charge in [0.05, 0.1) is 51.9 Å². The number of nitrogens with zero attached hydrogens (tertiary/aromatic N) is 5. The van der Waals surface area contributed by atoms with Gasteiger partial charge in [0.1, 0.15) is 17.3 Å². The minimum absolute atomic E-state index is 0.00633. The number of aromatic amines is 1. The third-order valence-electron chi connectivity index (χ3n) is 6.56. The summed E-state index contributed by atoms with van der Waals surface area (Å²) in [6, 6.07) is 29.1. The molecule has 0 fully saturated rings. The topological polar surface area (TPSA) is 132 Å². The lowest BCUT2D eigenvalue weighted by atomic mass is 10.2. The minimum atomic E-state index is -0.435. The molecule has 4 aromatic carbocycles. The molecule has 0 atom stereocenters. The van der Waals surface area contributed by atoms with Crippen molar-refractivity contribution in [1.29, 1.82) is 0 Å². The van der Waals surface area contributed by atoms with Gasteiger partial charge in [-0.2, -0.15) is 14.9 Å². The molecular formula is C31H25N7O4. The summed E-state index contributed by atoms with van der Waals surface area (Å²) in [6.07, 6.45) is 1.68. The van der Waals surface area contributed by atoms with E-state index in [9.17, 15) is 10.1 Å². The number of non-ortho nitro benzene ring substituents is 1. The molecule has 0 amide bonds. The van der Waals surface area contributed by atoms with E-state index in [1.165, 1.54) is 12.1 Å². The van der Waals surface area contributed by atoms with Crippen molar-refractivity contribution in [3.05, 3.63) is 118 Å². The summed E-state index contributed by atoms with van der Waals surface area (Å²) in [6.45, 7) is 1.90. The first kappa shape index (κ1) is 26.3. The van der Waals surface area contributed by atoms with Gasteiger partial charge in [-0.3, -0.25) is 15.5 Å². The molecule has 0 aliphatic rings. The Hall–Kier alpha value is -5.97. The van der Waals surface area contributed by atoms with Crippen LogP contribution in [0.15, 0.2) is 102 Å². The molecule has 6 rings (SSSR count). The normalized spacial score (nSPS) is 11.2. The van der Waals surface area contributed by atoms with Crippen molar-refractivity contribution in [2.24, 2.45) is 5.10 Å². The fourth-order valence-corrected chi connectivity index (χ4v) is 4.38. The van der Waals surface area contributed by atoms with Gasteiger partial charge in [0, 0.05) is 17.7 Å². The average molecular weight is 560 g/mol. The number of aromatic nitrogens is 4. The van der Waals surface area contributed by atoms with Crippen molar-refractivity contribution < 1.29 is 14.4 Å². The van der Waals surface area contributed by atoms with Crippen LogP contribution in [-0.2, 0) is 0 Å². The van der Waals surface area contributed by atoms with Crippen LogP contribution in [0.3, 0.4) is 0 Å². The third kappa shape index (κ3) is 5.39. The van der Waals surface area contributed by atoms with Crippen LogP contribution in [0, 0.1) is 17.0 Å². The molecule has 11 heteroatoms. The van der Waals surface area contributed by atoms with Crippen LogP contribution in [0.4, 0.5) is 11.4 Å². The molecule has 11 nitrogen and oxygen atoms in total. The number of hydrazone groups is 1. The number of nitrogens with one attached hydrogen (secondary N) is 2. The zero-order valence-corrected chi connectivity index (χ0v) is 22.7. The van der Waals surface area contributed by atoms with E-state index in [0.29, 0.717) is 34.1 Å². The molecule has 42 heavy (non-hydrogen) atoms. The van der Waals surface area contributed by atoms with Gasteiger partial charge in [0.15, 0.2) is 0 Å². The van der Waals surface area contributed by atoms with Crippen LogP contribution in [0.1, 0.15) is 11.3 Å². The minimum Gasteiger partial charge on any atom is -0.497 e. The zero-order valence-electron chi connectivity index (χ0n) is 22.7. The molecular weight excluding hydrogens is 534 g/mol. The lowest BCUT2D eigenvalue weighted by Crippen LogP contribution is -2.01. The first-order valence-electron chi connectivity index (χ1n) is 13.0. The Balaban J connectivity index is 1.29. The number of imidazole rings is 1. The number of benzene rings is 4. The molecule has 2 aromatic heterocycles. The van der Waals surface area contributed by atoms with E-state index in [2.05, 4.69) is 20.5 Å². The van der Waals surface area contributed by atoms with Gasteiger partial charge in [-0.05, 0) is 73.7 Å². The predicted octanol–water partition coefficient (Wildman–Crippen LogP) is 6.88. The highest BCUT2D eigenvalue weighted by atomic mass is 16.6. The van der Waals surface area contributed by atoms with Crippen molar-refractivity contribution in [2.45, 2.75) is 6.92 Å². The van der Waals surface area contributed by atoms with Crippen LogP contribution in [0.5, 0.6) is 17.4 Å². The standard InChI is InChI=1S/C31H25N7O4/c1-20-27(19-32-35-22-10-15-25(41-2)16-11-22)31(37(36-20)23-6-4-3-5-7-23)42-26-13-8-21(9-14-26)30-33-28-17-12-24(38(39)40)18-29(28)34-30/h3-19,35H,1-2H3,(H,33,34)/b32-19+. The van der Waals surface area contributed by atoms with Crippen LogP contribution < -0.4 is 14.9 Å². The van der Waals surface area contributed by atoms with Gasteiger partial charge in [-0.1, -0.05) is 18.2 Å². The fraction of sp³-hybridized carbons (Fsp3) is 0.0645. The number of nitro benzene ring substituents is 1. The van der Waals surface area contributed by atoms with Crippen molar-refractivity contribution in [3.63, 3.8) is 0 Å². The molecule has 208 valence electrons. The molecule has 0 spiro atoms. The maximum absolute atomic E-state index is 11.1. The van der Waals surface area contributed by atoms with Crippen molar-refractivity contribution >= 4 is 28.6 Å². The first-order chi connectivity index (χ1) is 20.5. The van der Waals surface area contributed by atoms with Crippen LogP contribution >= 0.6 is 0 Å². The summed E-state index contributed by atoms with van der Waals surface area (Å²) >= 11 is 0. The SMILES string of the molecule is COc1ccc(N/N=C/c2c(C)nn(-c3ccccc3)c2Oc2ccc(-c3nc4cc([N+](=O)[O-])ccc4[nH]3)cc2)cc1. The van der Waals surface area contributed by atoms with E-state index >= 15 is 0 Å². The largest absolute Gasteiger partial charge is 0.497 e. The van der Waals surface area contributed by atoms with Crippen LogP contribution in [0.2, 0.25) is 0 Å². The summed E-state index contributed by atoms with van der Waals surface area (Å²) in [5, 5.41) is 20.3. The van der Waals surface area contributed by atoms with Gasteiger partial charge in [0.25, 0.3) is 5.69 Å². The number of fused-ring (bicyclic) bond motifs is 1. The third-order valence-corrected chi connectivity index (χ3v) is 6.56. The highest BCUT2D eigenvalue weighted by molar-refractivity contribution is 5.85. The maximum atomic E-state index is 11.1. The summed E-state index contributed by atoms with van der Waals surface area (Å²) in [7, 11) is 1.62. The number of hydrogen-bond donors (Lipinski definition) is 2. The van der Waals surface area contributed by atoms with Gasteiger partial charge in [0.2, 0.25) is 5.88 Å². The number of aryl methyl sites for hydroxylation is 1. The molecule has 0 radical (unpaired) electrons. The van der Waals surface area contributed by atoms with Gasteiger partial charge >= 0.3 is 0 Å². The Morgan fingerprint density at radius 3 is 2.43 bits per heavy atom. The number of rotatable bonds is 9. The molecule has 0 bridgehead atoms. The second-order valence-electron chi connectivity index (χ2n) is 9.32. The lowest BCUT2D eigenvalue weighted by molar-refractivity contribution is -0.384. The Morgan fingerprint density at radius 2 is 1.71 bits per heavy atom. The fourth-order valence-electron chi connectivity index (χ4n) is 4.38. The Kier molecular flexibility index (Phi) is 7.04. The number of para-hydroxylation sites is 1. The molecule has 0 saturated heterocycles. The molecule has 0 aliphatic heterocycles. The molecule has 0 saturated carbocycles. The van der Waals surface area contributed by atoms with Crippen molar-refractivity contribution in [3.8, 4) is 34.5 Å². The van der Waals surface area contributed by atoms with E-state index in [1.807, 2.05) is 85.8 Å². The van der Waals surface area contributed by atoms with E-state index in [0.717, 1.165) is 28.4 Å². The molecule has 6 aromatic rings. The van der Waals surface area contributed by atoms with Crippen LogP contribution in [0.25, 0.3) is 28.1 Å². The lowest BCUT2D eigenvalue weighted by Gasteiger charge is -2.10. The van der Waals surface area contributed by atoms with Gasteiger partial charge in [-0.15, -0.1) is 0 Å². The molecule has 2 heterocycles. The Labute approximate surface area is 240 Å². The highest BCUT2D eigenvalue weighted by Gasteiger charge is 2.18. The van der Waals surface area contributed by atoms with E-state index < -0.39 is 4.92 Å². The van der Waals surface area contributed by atoms with E-state index in [1.54, 1.807) is 24.1 Å². The monoisotopic (exact) mass is 559 g/mol. The van der Waals surface area contributed by atoms with Crippen molar-refractivity contribution in [1.82, 2.24) is 19.7 Å². The van der Waals surface area contributed by atoms with Crippen molar-refractivity contribution in [2.75, 3.05) is 12.5 Å². The average Bonchev–Trinajstić information content (AvgIpc) is 3.59. The number of H-pyrrole nitrogens is 1. The van der Waals surface area contributed by atoms with Crippen LogP contribution in [-0.4, -0.2) is 38.0 Å². The Morgan fingerprint density at radius 1 is 0.976 bits per heavy atom. The summed E-state index contributed by atoms with van der Waals surface area (Å²) in [4.78, 5) is 18.4. The quantitative estimate of drug-likeness (QED) is 0.112. The van der Waals surface area contributed by atoms with Gasteiger partial charge in [-0.25, -0.2) is 4.98 Å². The Bertz CT molecular complexity index is 1890. The number of methoxy groups -OCH3 is 1. The summed E-state index contributed by atoms with van der Waals surface area (Å²) < 4.78 is 13.4. The number of hydrogen-bond acceptors (Lipinski definition) is 8. The smallest absolute Gasteiger partial charge is 0.271 e. The number of nitro groups is 1. The molecule has 2 N–H and O–H groups in total. The highest BCUT2D eigenvalue weighted by Crippen LogP contribution is 2.31. The van der Waals surface area contributed by atoms with Gasteiger partial charge < -0.3 is 14.5 Å². The maximum Gasteiger partial charge on any atom is 0.271 e. The van der Waals surface area contributed by atoms with E-state index in [4.69, 9.17) is 14.6 Å².